The normalized spacial score (nSPS) is 11.3. The highest BCUT2D eigenvalue weighted by atomic mass is 79.9. The summed E-state index contributed by atoms with van der Waals surface area (Å²) < 4.78 is 3.02. The molecule has 1 aromatic carbocycles. The van der Waals surface area contributed by atoms with E-state index in [-0.39, 0.29) is 6.61 Å². The average molecular weight is 352 g/mol. The molecule has 0 aliphatic rings. The minimum Gasteiger partial charge on any atom is -0.395 e. The monoisotopic (exact) mass is 351 g/mol. The third-order valence-corrected chi connectivity index (χ3v) is 4.46. The van der Waals surface area contributed by atoms with Crippen LogP contribution >= 0.6 is 15.9 Å². The molecular weight excluding hydrogens is 330 g/mol. The fourth-order valence-electron chi connectivity index (χ4n) is 2.40. The maximum absolute atomic E-state index is 9.31. The highest BCUT2D eigenvalue weighted by Crippen LogP contribution is 2.23. The number of halogens is 1. The summed E-state index contributed by atoms with van der Waals surface area (Å²) in [4.78, 5) is 2.23. The van der Waals surface area contributed by atoms with Gasteiger partial charge in [0.25, 0.3) is 0 Å². The van der Waals surface area contributed by atoms with Crippen molar-refractivity contribution >= 4 is 15.9 Å². The Labute approximate surface area is 134 Å². The SMILES string of the molecule is CCc1nn(C)c(CN(CCO)Cc2ccccc2)c1Br. The fourth-order valence-corrected chi connectivity index (χ4v) is 3.14. The molecule has 0 unspecified atom stereocenters. The van der Waals surface area contributed by atoms with Crippen LogP contribution in [0.25, 0.3) is 0 Å². The molecule has 0 saturated carbocycles. The standard InChI is InChI=1S/C16H22BrN3O/c1-3-14-16(17)15(19(2)18-14)12-20(9-10-21)11-13-7-5-4-6-8-13/h4-8,21H,3,9-12H2,1-2H3. The van der Waals surface area contributed by atoms with Crippen molar-refractivity contribution < 1.29 is 5.11 Å². The number of nitrogens with zero attached hydrogens (tertiary/aromatic N) is 3. The first-order chi connectivity index (χ1) is 10.2. The molecule has 0 bridgehead atoms. The Morgan fingerprint density at radius 1 is 1.24 bits per heavy atom. The summed E-state index contributed by atoms with van der Waals surface area (Å²) in [6.45, 7) is 4.49. The molecule has 5 heteroatoms. The first kappa shape index (κ1) is 16.2. The van der Waals surface area contributed by atoms with Crippen LogP contribution in [0.15, 0.2) is 34.8 Å². The Bertz CT molecular complexity index is 568. The number of aromatic nitrogens is 2. The number of hydrogen-bond acceptors (Lipinski definition) is 3. The van der Waals surface area contributed by atoms with Crippen LogP contribution in [0.4, 0.5) is 0 Å². The van der Waals surface area contributed by atoms with E-state index in [9.17, 15) is 5.11 Å². The molecule has 0 aliphatic heterocycles. The molecule has 0 atom stereocenters. The zero-order chi connectivity index (χ0) is 15.2. The van der Waals surface area contributed by atoms with Gasteiger partial charge >= 0.3 is 0 Å². The van der Waals surface area contributed by atoms with Crippen molar-refractivity contribution in [1.29, 1.82) is 0 Å². The second kappa shape index (κ2) is 7.73. The first-order valence-electron chi connectivity index (χ1n) is 7.23. The number of hydrogen-bond donors (Lipinski definition) is 1. The van der Waals surface area contributed by atoms with Gasteiger partial charge in [0.05, 0.1) is 22.5 Å². The molecular formula is C16H22BrN3O. The summed E-state index contributed by atoms with van der Waals surface area (Å²) in [6.07, 6.45) is 0.910. The van der Waals surface area contributed by atoms with E-state index in [1.165, 1.54) is 5.56 Å². The van der Waals surface area contributed by atoms with Crippen LogP contribution in [0.1, 0.15) is 23.9 Å². The number of aliphatic hydroxyl groups excluding tert-OH is 1. The summed E-state index contributed by atoms with van der Waals surface area (Å²) in [5.41, 5.74) is 3.48. The third-order valence-electron chi connectivity index (χ3n) is 3.54. The van der Waals surface area contributed by atoms with Gasteiger partial charge in [0.2, 0.25) is 0 Å². The van der Waals surface area contributed by atoms with Gasteiger partial charge in [-0.05, 0) is 27.9 Å². The molecule has 4 nitrogen and oxygen atoms in total. The van der Waals surface area contributed by atoms with Crippen molar-refractivity contribution in [2.75, 3.05) is 13.2 Å². The maximum atomic E-state index is 9.31. The molecule has 0 saturated heterocycles. The van der Waals surface area contributed by atoms with Crippen molar-refractivity contribution in [3.8, 4) is 0 Å². The van der Waals surface area contributed by atoms with Gasteiger partial charge in [0, 0.05) is 26.7 Å². The average Bonchev–Trinajstić information content (AvgIpc) is 2.76. The minimum absolute atomic E-state index is 0.156. The van der Waals surface area contributed by atoms with Gasteiger partial charge in [0.1, 0.15) is 0 Å². The quantitative estimate of drug-likeness (QED) is 0.833. The lowest BCUT2D eigenvalue weighted by atomic mass is 10.2. The molecule has 2 aromatic rings. The van der Waals surface area contributed by atoms with Gasteiger partial charge in [-0.1, -0.05) is 37.3 Å². The van der Waals surface area contributed by atoms with Crippen LogP contribution in [-0.4, -0.2) is 32.9 Å². The molecule has 1 aromatic heterocycles. The summed E-state index contributed by atoms with van der Waals surface area (Å²) in [7, 11) is 1.97. The van der Waals surface area contributed by atoms with Crippen LogP contribution in [0.2, 0.25) is 0 Å². The third kappa shape index (κ3) is 4.15. The smallest absolute Gasteiger partial charge is 0.0767 e. The van der Waals surface area contributed by atoms with E-state index < -0.39 is 0 Å². The highest BCUT2D eigenvalue weighted by Gasteiger charge is 2.16. The molecule has 2 rings (SSSR count). The molecule has 0 spiro atoms. The fraction of sp³-hybridized carbons (Fsp3) is 0.438. The van der Waals surface area contributed by atoms with E-state index in [0.29, 0.717) is 6.54 Å². The number of benzene rings is 1. The highest BCUT2D eigenvalue weighted by molar-refractivity contribution is 9.10. The van der Waals surface area contributed by atoms with E-state index in [2.05, 4.69) is 45.0 Å². The lowest BCUT2D eigenvalue weighted by molar-refractivity contribution is 0.181. The molecule has 114 valence electrons. The number of aliphatic hydroxyl groups is 1. The zero-order valence-electron chi connectivity index (χ0n) is 12.6. The van der Waals surface area contributed by atoms with Crippen LogP contribution in [0.5, 0.6) is 0 Å². The molecule has 0 amide bonds. The molecule has 0 fully saturated rings. The lowest BCUT2D eigenvalue weighted by Gasteiger charge is -2.21. The van der Waals surface area contributed by atoms with Crippen molar-refractivity contribution in [2.45, 2.75) is 26.4 Å². The minimum atomic E-state index is 0.156. The molecule has 0 aliphatic carbocycles. The summed E-state index contributed by atoms with van der Waals surface area (Å²) in [5, 5.41) is 13.8. The predicted octanol–water partition coefficient (Wildman–Crippen LogP) is 2.74. The van der Waals surface area contributed by atoms with Crippen molar-refractivity contribution in [1.82, 2.24) is 14.7 Å². The Morgan fingerprint density at radius 2 is 1.95 bits per heavy atom. The topological polar surface area (TPSA) is 41.3 Å². The molecule has 21 heavy (non-hydrogen) atoms. The zero-order valence-corrected chi connectivity index (χ0v) is 14.2. The second-order valence-electron chi connectivity index (χ2n) is 5.10. The van der Waals surface area contributed by atoms with Gasteiger partial charge in [-0.2, -0.15) is 5.10 Å². The van der Waals surface area contributed by atoms with E-state index >= 15 is 0 Å². The summed E-state index contributed by atoms with van der Waals surface area (Å²) in [5.74, 6) is 0. The van der Waals surface area contributed by atoms with Gasteiger partial charge in [-0.15, -0.1) is 0 Å². The van der Waals surface area contributed by atoms with Crippen molar-refractivity contribution in [2.24, 2.45) is 7.05 Å². The van der Waals surface area contributed by atoms with Gasteiger partial charge in [-0.3, -0.25) is 9.58 Å². The number of rotatable bonds is 7. The molecule has 1 N–H and O–H groups in total. The van der Waals surface area contributed by atoms with Crippen LogP contribution < -0.4 is 0 Å². The van der Waals surface area contributed by atoms with Gasteiger partial charge in [0.15, 0.2) is 0 Å². The Morgan fingerprint density at radius 3 is 2.52 bits per heavy atom. The van der Waals surface area contributed by atoms with Crippen LogP contribution in [0.3, 0.4) is 0 Å². The largest absolute Gasteiger partial charge is 0.395 e. The van der Waals surface area contributed by atoms with Gasteiger partial charge in [-0.25, -0.2) is 0 Å². The predicted molar refractivity (Wildman–Crippen MR) is 87.9 cm³/mol. The Kier molecular flexibility index (Phi) is 5.96. The Balaban J connectivity index is 2.14. The van der Waals surface area contributed by atoms with Crippen molar-refractivity contribution in [3.63, 3.8) is 0 Å². The Hall–Kier alpha value is -1.17. The second-order valence-corrected chi connectivity index (χ2v) is 5.90. The molecule has 1 heterocycles. The van der Waals surface area contributed by atoms with Crippen LogP contribution in [0, 0.1) is 0 Å². The van der Waals surface area contributed by atoms with E-state index in [1.54, 1.807) is 0 Å². The maximum Gasteiger partial charge on any atom is 0.0767 e. The van der Waals surface area contributed by atoms with Crippen LogP contribution in [-0.2, 0) is 26.6 Å². The first-order valence-corrected chi connectivity index (χ1v) is 8.02. The summed E-state index contributed by atoms with van der Waals surface area (Å²) >= 11 is 3.65. The van der Waals surface area contributed by atoms with E-state index in [4.69, 9.17) is 0 Å². The van der Waals surface area contributed by atoms with Gasteiger partial charge < -0.3 is 5.11 Å². The lowest BCUT2D eigenvalue weighted by Crippen LogP contribution is -2.27. The van der Waals surface area contributed by atoms with E-state index in [0.717, 1.165) is 35.4 Å². The van der Waals surface area contributed by atoms with Crippen molar-refractivity contribution in [3.05, 3.63) is 51.8 Å². The number of aryl methyl sites for hydroxylation is 2. The molecule has 0 radical (unpaired) electrons. The van der Waals surface area contributed by atoms with E-state index in [1.807, 2.05) is 29.9 Å². The summed E-state index contributed by atoms with van der Waals surface area (Å²) in [6, 6.07) is 10.3.